The Labute approximate surface area is 212 Å². The summed E-state index contributed by atoms with van der Waals surface area (Å²) in [5.74, 6) is -4.69. The van der Waals surface area contributed by atoms with Gasteiger partial charge in [-0.3, -0.25) is 14.4 Å². The zero-order valence-electron chi connectivity index (χ0n) is 20.2. The minimum Gasteiger partial charge on any atom is -0.468 e. The number of nitrogens with one attached hydrogen (secondary N) is 2. The lowest BCUT2D eigenvalue weighted by Crippen LogP contribution is -2.44. The van der Waals surface area contributed by atoms with E-state index in [-0.39, 0.29) is 27.8 Å². The molecule has 2 N–H and O–H groups in total. The van der Waals surface area contributed by atoms with Gasteiger partial charge in [0.1, 0.15) is 5.92 Å². The van der Waals surface area contributed by atoms with Crippen LogP contribution >= 0.6 is 11.8 Å². The summed E-state index contributed by atoms with van der Waals surface area (Å²) in [5, 5.41) is 15.6. The summed E-state index contributed by atoms with van der Waals surface area (Å²) < 4.78 is 9.53. The number of nitrogens with zero attached hydrogens (tertiary/aromatic N) is 1. The molecular formula is C26H25N3O6S. The van der Waals surface area contributed by atoms with Crippen molar-refractivity contribution < 1.29 is 28.7 Å². The number of hydrogen-bond acceptors (Lipinski definition) is 8. The number of anilines is 1. The molecule has 1 aliphatic heterocycles. The van der Waals surface area contributed by atoms with Crippen LogP contribution in [-0.2, 0) is 23.9 Å². The molecule has 0 saturated heterocycles. The van der Waals surface area contributed by atoms with Crippen molar-refractivity contribution in [2.45, 2.75) is 19.8 Å². The molecule has 3 rings (SSSR count). The van der Waals surface area contributed by atoms with Gasteiger partial charge < -0.3 is 20.1 Å². The molecule has 9 nitrogen and oxygen atoms in total. The monoisotopic (exact) mass is 507 g/mol. The third-order valence-corrected chi connectivity index (χ3v) is 6.70. The van der Waals surface area contributed by atoms with Gasteiger partial charge >= 0.3 is 11.9 Å². The topological polar surface area (TPSA) is 135 Å². The Morgan fingerprint density at radius 2 is 1.78 bits per heavy atom. The number of rotatable bonds is 7. The molecule has 0 unspecified atom stereocenters. The third kappa shape index (κ3) is 5.75. The molecule has 1 heterocycles. The van der Waals surface area contributed by atoms with Gasteiger partial charge in [-0.15, -0.1) is 0 Å². The van der Waals surface area contributed by atoms with Crippen LogP contribution in [0.1, 0.15) is 33.0 Å². The van der Waals surface area contributed by atoms with Gasteiger partial charge in [-0.25, -0.2) is 4.79 Å². The van der Waals surface area contributed by atoms with E-state index in [0.717, 1.165) is 30.0 Å². The summed E-state index contributed by atoms with van der Waals surface area (Å²) in [5.41, 5.74) is 3.49. The molecule has 0 fully saturated rings. The molecule has 186 valence electrons. The van der Waals surface area contributed by atoms with Crippen molar-refractivity contribution >= 4 is 41.2 Å². The van der Waals surface area contributed by atoms with Crippen LogP contribution in [0.25, 0.3) is 0 Å². The molecule has 0 saturated carbocycles. The second-order valence-corrected chi connectivity index (χ2v) is 9.08. The maximum Gasteiger partial charge on any atom is 0.337 e. The summed E-state index contributed by atoms with van der Waals surface area (Å²) in [7, 11) is 2.41. The number of carbonyl (C=O) groups is 4. The summed E-state index contributed by atoms with van der Waals surface area (Å²) >= 11 is 0.989. The zero-order valence-corrected chi connectivity index (χ0v) is 21.0. The van der Waals surface area contributed by atoms with E-state index in [9.17, 15) is 24.4 Å². The third-order valence-electron chi connectivity index (χ3n) is 5.68. The maximum atomic E-state index is 12.9. The van der Waals surface area contributed by atoms with Gasteiger partial charge in [0.2, 0.25) is 11.8 Å². The molecule has 0 aliphatic carbocycles. The summed E-state index contributed by atoms with van der Waals surface area (Å²) in [6.45, 7) is 3.84. The van der Waals surface area contributed by atoms with Crippen molar-refractivity contribution in [3.8, 4) is 6.07 Å². The van der Waals surface area contributed by atoms with Gasteiger partial charge in [0, 0.05) is 11.6 Å². The lowest BCUT2D eigenvalue weighted by molar-refractivity contribution is -0.150. The van der Waals surface area contributed by atoms with Crippen LogP contribution in [-0.4, -0.2) is 43.7 Å². The first-order valence-electron chi connectivity index (χ1n) is 10.9. The Balaban J connectivity index is 1.91. The fraction of sp³-hybridized carbons (Fsp3) is 0.269. The largest absolute Gasteiger partial charge is 0.468 e. The van der Waals surface area contributed by atoms with E-state index >= 15 is 0 Å². The average Bonchev–Trinajstić information content (AvgIpc) is 2.87. The minimum atomic E-state index is -1.32. The number of nitriles is 1. The summed E-state index contributed by atoms with van der Waals surface area (Å²) in [6.07, 6.45) is 0. The number of benzene rings is 2. The Morgan fingerprint density at radius 3 is 2.36 bits per heavy atom. The Kier molecular flexibility index (Phi) is 8.51. The number of carbonyl (C=O) groups excluding carboxylic acids is 4. The van der Waals surface area contributed by atoms with E-state index in [1.807, 2.05) is 32.0 Å². The summed E-state index contributed by atoms with van der Waals surface area (Å²) in [6, 6.07) is 13.8. The van der Waals surface area contributed by atoms with Gasteiger partial charge in [-0.1, -0.05) is 41.6 Å². The van der Waals surface area contributed by atoms with Gasteiger partial charge in [0.25, 0.3) is 0 Å². The lowest BCUT2D eigenvalue weighted by Gasteiger charge is -2.31. The zero-order chi connectivity index (χ0) is 26.4. The molecule has 0 radical (unpaired) electrons. The van der Waals surface area contributed by atoms with Crippen molar-refractivity contribution in [1.29, 1.82) is 5.26 Å². The van der Waals surface area contributed by atoms with Crippen LogP contribution < -0.4 is 10.6 Å². The van der Waals surface area contributed by atoms with Crippen LogP contribution in [0, 0.1) is 31.1 Å². The van der Waals surface area contributed by atoms with Crippen molar-refractivity contribution in [1.82, 2.24) is 5.32 Å². The average molecular weight is 508 g/mol. The highest BCUT2D eigenvalue weighted by molar-refractivity contribution is 8.03. The molecule has 2 amide bonds. The number of aryl methyl sites for hydroxylation is 2. The van der Waals surface area contributed by atoms with Crippen molar-refractivity contribution in [2.24, 2.45) is 5.92 Å². The normalized spacial score (nSPS) is 17.0. The molecule has 0 bridgehead atoms. The molecule has 36 heavy (non-hydrogen) atoms. The second-order valence-electron chi connectivity index (χ2n) is 8.09. The van der Waals surface area contributed by atoms with E-state index in [4.69, 9.17) is 9.47 Å². The van der Waals surface area contributed by atoms with Crippen LogP contribution in [0.2, 0.25) is 0 Å². The number of hydrogen-bond donors (Lipinski definition) is 2. The number of thioether (sulfide) groups is 1. The van der Waals surface area contributed by atoms with Crippen molar-refractivity contribution in [3.63, 3.8) is 0 Å². The van der Waals surface area contributed by atoms with E-state index in [2.05, 4.69) is 16.7 Å². The quantitative estimate of drug-likeness (QED) is 0.431. The number of amides is 2. The predicted molar refractivity (Wildman–Crippen MR) is 134 cm³/mol. The van der Waals surface area contributed by atoms with Crippen LogP contribution in [0.4, 0.5) is 5.69 Å². The van der Waals surface area contributed by atoms with Gasteiger partial charge in [0.15, 0.2) is 0 Å². The van der Waals surface area contributed by atoms with Gasteiger partial charge in [-0.05, 0) is 43.2 Å². The molecular weight excluding hydrogens is 482 g/mol. The maximum absolute atomic E-state index is 12.9. The standard InChI is InChI=1S/C26H25N3O6S/c1-14-5-10-19(15(2)11-14)28-20(30)13-36-24-18(12-27)21(22(23(31)29-24)26(33)35-4)16-6-8-17(9-7-16)25(32)34-3/h5-11,21-22H,13H2,1-4H3,(H,28,30)(H,29,31)/t21-,22+/m1/s1. The predicted octanol–water partition coefficient (Wildman–Crippen LogP) is 3.20. The molecule has 2 aromatic rings. The fourth-order valence-corrected chi connectivity index (χ4v) is 4.75. The second kappa shape index (κ2) is 11.6. The lowest BCUT2D eigenvalue weighted by atomic mass is 9.78. The molecule has 0 spiro atoms. The summed E-state index contributed by atoms with van der Waals surface area (Å²) in [4.78, 5) is 49.9. The molecule has 2 aromatic carbocycles. The van der Waals surface area contributed by atoms with Crippen molar-refractivity contribution in [2.75, 3.05) is 25.3 Å². The van der Waals surface area contributed by atoms with E-state index in [0.29, 0.717) is 11.3 Å². The highest BCUT2D eigenvalue weighted by atomic mass is 32.2. The fourth-order valence-electron chi connectivity index (χ4n) is 3.90. The SMILES string of the molecule is COC(=O)c1ccc([C@@H]2C(C#N)=C(SCC(=O)Nc3ccc(C)cc3C)NC(=O)[C@H]2C(=O)OC)cc1. The first kappa shape index (κ1) is 26.5. The molecule has 0 aromatic heterocycles. The Hall–Kier alpha value is -4.10. The highest BCUT2D eigenvalue weighted by Crippen LogP contribution is 2.40. The van der Waals surface area contributed by atoms with Gasteiger partial charge in [0.05, 0.1) is 42.2 Å². The van der Waals surface area contributed by atoms with Crippen molar-refractivity contribution in [3.05, 3.63) is 75.3 Å². The minimum absolute atomic E-state index is 0.0784. The van der Waals surface area contributed by atoms with Crippen LogP contribution in [0.3, 0.4) is 0 Å². The Morgan fingerprint density at radius 1 is 1.08 bits per heavy atom. The van der Waals surface area contributed by atoms with Gasteiger partial charge in [-0.2, -0.15) is 5.26 Å². The van der Waals surface area contributed by atoms with E-state index in [1.54, 1.807) is 12.1 Å². The first-order chi connectivity index (χ1) is 17.2. The Bertz CT molecular complexity index is 1280. The number of allylic oxidation sites excluding steroid dienone is 1. The highest BCUT2D eigenvalue weighted by Gasteiger charge is 2.44. The molecule has 10 heteroatoms. The first-order valence-corrected chi connectivity index (χ1v) is 11.9. The molecule has 1 aliphatic rings. The van der Waals surface area contributed by atoms with Crippen LogP contribution in [0.5, 0.6) is 0 Å². The molecule has 2 atom stereocenters. The van der Waals surface area contributed by atoms with Crippen LogP contribution in [0.15, 0.2) is 53.1 Å². The number of methoxy groups -OCH3 is 2. The smallest absolute Gasteiger partial charge is 0.337 e. The number of ether oxygens (including phenoxy) is 2. The van der Waals surface area contributed by atoms with E-state index in [1.165, 1.54) is 19.2 Å². The van der Waals surface area contributed by atoms with E-state index < -0.39 is 29.7 Å². The number of esters is 2.